The van der Waals surface area contributed by atoms with Gasteiger partial charge in [0.2, 0.25) is 17.6 Å². The second-order valence-electron chi connectivity index (χ2n) is 8.73. The van der Waals surface area contributed by atoms with Gasteiger partial charge in [-0.1, -0.05) is 35.8 Å². The Bertz CT molecular complexity index is 1050. The summed E-state index contributed by atoms with van der Waals surface area (Å²) in [6.07, 6.45) is 5.35. The minimum atomic E-state index is -0.308. The third-order valence-corrected chi connectivity index (χ3v) is 6.27. The van der Waals surface area contributed by atoms with Crippen molar-refractivity contribution in [3.8, 4) is 11.4 Å². The second-order valence-corrected chi connectivity index (χ2v) is 8.73. The number of aromatic nitrogens is 2. The monoisotopic (exact) mass is 450 g/mol. The lowest BCUT2D eigenvalue weighted by molar-refractivity contribution is -0.121. The van der Waals surface area contributed by atoms with Gasteiger partial charge in [-0.3, -0.25) is 9.69 Å². The second kappa shape index (κ2) is 11.2. The highest BCUT2D eigenvalue weighted by Gasteiger charge is 2.19. The standard InChI is InChI=1S/C26H31FN4O2/c1-19-7-4-5-16-31(19)18-22-9-3-2-8-21(22)17-28-24(32)10-6-11-25-29-26(30-33-25)20-12-14-23(27)15-13-20/h2-3,8-9,12-15,19H,4-7,10-11,16-18H2,1H3,(H,28,32). The minimum Gasteiger partial charge on any atom is -0.352 e. The third kappa shape index (κ3) is 6.48. The molecule has 1 aliphatic heterocycles. The minimum absolute atomic E-state index is 0.00872. The van der Waals surface area contributed by atoms with Crippen molar-refractivity contribution in [3.63, 3.8) is 0 Å². The summed E-state index contributed by atoms with van der Waals surface area (Å²) in [7, 11) is 0. The zero-order valence-electron chi connectivity index (χ0n) is 19.1. The van der Waals surface area contributed by atoms with Gasteiger partial charge in [0.25, 0.3) is 0 Å². The van der Waals surface area contributed by atoms with Crippen LogP contribution >= 0.6 is 0 Å². The predicted octanol–water partition coefficient (Wildman–Crippen LogP) is 4.89. The van der Waals surface area contributed by atoms with Gasteiger partial charge in [0.05, 0.1) is 0 Å². The maximum atomic E-state index is 13.1. The molecule has 1 aliphatic rings. The van der Waals surface area contributed by atoms with Crippen molar-refractivity contribution in [2.24, 2.45) is 0 Å². The number of nitrogens with zero attached hydrogens (tertiary/aromatic N) is 3. The number of aryl methyl sites for hydroxylation is 1. The van der Waals surface area contributed by atoms with Crippen LogP contribution in [-0.2, 0) is 24.3 Å². The molecule has 1 atom stereocenters. The summed E-state index contributed by atoms with van der Waals surface area (Å²) in [5.74, 6) is 0.601. The molecule has 0 saturated carbocycles. The Labute approximate surface area is 194 Å². The molecule has 7 heteroatoms. The lowest BCUT2D eigenvalue weighted by atomic mass is 10.0. The van der Waals surface area contributed by atoms with Crippen molar-refractivity contribution in [2.75, 3.05) is 6.54 Å². The maximum absolute atomic E-state index is 13.1. The number of amides is 1. The van der Waals surface area contributed by atoms with E-state index in [4.69, 9.17) is 4.52 Å². The molecule has 33 heavy (non-hydrogen) atoms. The smallest absolute Gasteiger partial charge is 0.226 e. The van der Waals surface area contributed by atoms with Crippen LogP contribution in [0.3, 0.4) is 0 Å². The SMILES string of the molecule is CC1CCCCN1Cc1ccccc1CNC(=O)CCCc1nc(-c2ccc(F)cc2)no1. The molecule has 3 aromatic rings. The van der Waals surface area contributed by atoms with E-state index in [1.165, 1.54) is 42.5 Å². The molecule has 1 N–H and O–H groups in total. The highest BCUT2D eigenvalue weighted by atomic mass is 19.1. The van der Waals surface area contributed by atoms with E-state index < -0.39 is 0 Å². The summed E-state index contributed by atoms with van der Waals surface area (Å²) in [6, 6.07) is 14.9. The summed E-state index contributed by atoms with van der Waals surface area (Å²) < 4.78 is 18.3. The van der Waals surface area contributed by atoms with Crippen LogP contribution in [0.2, 0.25) is 0 Å². The molecule has 1 saturated heterocycles. The molecule has 4 rings (SSSR count). The number of rotatable bonds is 9. The molecule has 2 aromatic carbocycles. The van der Waals surface area contributed by atoms with Gasteiger partial charge in [0, 0.05) is 37.5 Å². The predicted molar refractivity (Wildman–Crippen MR) is 125 cm³/mol. The zero-order chi connectivity index (χ0) is 23.0. The summed E-state index contributed by atoms with van der Waals surface area (Å²) in [5, 5.41) is 6.99. The number of benzene rings is 2. The van der Waals surface area contributed by atoms with Crippen LogP contribution in [-0.4, -0.2) is 33.5 Å². The highest BCUT2D eigenvalue weighted by Crippen LogP contribution is 2.21. The molecule has 1 amide bonds. The van der Waals surface area contributed by atoms with Gasteiger partial charge >= 0.3 is 0 Å². The van der Waals surface area contributed by atoms with E-state index in [2.05, 4.69) is 45.5 Å². The van der Waals surface area contributed by atoms with E-state index in [0.717, 1.165) is 13.1 Å². The number of piperidine rings is 1. The fraction of sp³-hybridized carbons (Fsp3) is 0.423. The van der Waals surface area contributed by atoms with Crippen molar-refractivity contribution in [1.29, 1.82) is 0 Å². The highest BCUT2D eigenvalue weighted by molar-refractivity contribution is 5.75. The van der Waals surface area contributed by atoms with Gasteiger partial charge in [-0.05, 0) is 68.1 Å². The summed E-state index contributed by atoms with van der Waals surface area (Å²) in [4.78, 5) is 19.3. The van der Waals surface area contributed by atoms with Gasteiger partial charge in [-0.2, -0.15) is 4.98 Å². The van der Waals surface area contributed by atoms with Gasteiger partial charge < -0.3 is 9.84 Å². The Kier molecular flexibility index (Phi) is 7.83. The lowest BCUT2D eigenvalue weighted by Crippen LogP contribution is -2.37. The van der Waals surface area contributed by atoms with Crippen molar-refractivity contribution in [1.82, 2.24) is 20.4 Å². The normalized spacial score (nSPS) is 16.6. The third-order valence-electron chi connectivity index (χ3n) is 6.27. The average Bonchev–Trinajstić information content (AvgIpc) is 3.29. The number of halogens is 1. The summed E-state index contributed by atoms with van der Waals surface area (Å²) in [5.41, 5.74) is 3.15. The summed E-state index contributed by atoms with van der Waals surface area (Å²) >= 11 is 0. The number of hydrogen-bond donors (Lipinski definition) is 1. The molecule has 2 heterocycles. The largest absolute Gasteiger partial charge is 0.352 e. The van der Waals surface area contributed by atoms with Crippen molar-refractivity contribution < 1.29 is 13.7 Å². The van der Waals surface area contributed by atoms with E-state index in [9.17, 15) is 9.18 Å². The molecule has 0 aliphatic carbocycles. The Hall–Kier alpha value is -3.06. The van der Waals surface area contributed by atoms with E-state index in [1.807, 2.05) is 6.07 Å². The first-order valence-corrected chi connectivity index (χ1v) is 11.7. The molecule has 0 spiro atoms. The molecule has 1 unspecified atom stereocenters. The van der Waals surface area contributed by atoms with E-state index in [1.54, 1.807) is 12.1 Å². The average molecular weight is 451 g/mol. The first-order chi connectivity index (χ1) is 16.1. The van der Waals surface area contributed by atoms with Gasteiger partial charge in [-0.15, -0.1) is 0 Å². The van der Waals surface area contributed by atoms with Gasteiger partial charge in [0.15, 0.2) is 0 Å². The Morgan fingerprint density at radius 3 is 2.73 bits per heavy atom. The van der Waals surface area contributed by atoms with E-state index >= 15 is 0 Å². The van der Waals surface area contributed by atoms with Crippen molar-refractivity contribution in [3.05, 3.63) is 71.4 Å². The molecule has 0 radical (unpaired) electrons. The van der Waals surface area contributed by atoms with Crippen LogP contribution in [0, 0.1) is 5.82 Å². The Morgan fingerprint density at radius 2 is 1.94 bits per heavy atom. The molecule has 1 fully saturated rings. The van der Waals surface area contributed by atoms with Crippen molar-refractivity contribution >= 4 is 5.91 Å². The number of nitrogens with one attached hydrogen (secondary N) is 1. The number of likely N-dealkylation sites (tertiary alicyclic amines) is 1. The summed E-state index contributed by atoms with van der Waals surface area (Å²) in [6.45, 7) is 4.91. The first kappa shape index (κ1) is 23.1. The zero-order valence-corrected chi connectivity index (χ0v) is 19.1. The van der Waals surface area contributed by atoms with Crippen LogP contribution in [0.25, 0.3) is 11.4 Å². The van der Waals surface area contributed by atoms with Crippen LogP contribution < -0.4 is 5.32 Å². The molecule has 174 valence electrons. The number of carbonyl (C=O) groups excluding carboxylic acids is 1. The number of hydrogen-bond acceptors (Lipinski definition) is 5. The topological polar surface area (TPSA) is 71.3 Å². The van der Waals surface area contributed by atoms with E-state index in [-0.39, 0.29) is 11.7 Å². The fourth-order valence-corrected chi connectivity index (χ4v) is 4.25. The molecule has 6 nitrogen and oxygen atoms in total. The van der Waals surface area contributed by atoms with Crippen LogP contribution in [0.1, 0.15) is 56.0 Å². The van der Waals surface area contributed by atoms with Gasteiger partial charge in [-0.25, -0.2) is 4.39 Å². The molecular formula is C26H31FN4O2. The maximum Gasteiger partial charge on any atom is 0.226 e. The Balaban J connectivity index is 1.23. The van der Waals surface area contributed by atoms with E-state index in [0.29, 0.717) is 49.1 Å². The first-order valence-electron chi connectivity index (χ1n) is 11.7. The number of carbonyl (C=O) groups is 1. The Morgan fingerprint density at radius 1 is 1.15 bits per heavy atom. The lowest BCUT2D eigenvalue weighted by Gasteiger charge is -2.33. The van der Waals surface area contributed by atoms with Crippen molar-refractivity contribution in [2.45, 2.75) is 64.6 Å². The fourth-order valence-electron chi connectivity index (χ4n) is 4.25. The molecule has 0 bridgehead atoms. The quantitative estimate of drug-likeness (QED) is 0.503. The van der Waals surface area contributed by atoms with Crippen LogP contribution in [0.15, 0.2) is 53.1 Å². The molecular weight excluding hydrogens is 419 g/mol. The van der Waals surface area contributed by atoms with Crippen LogP contribution in [0.4, 0.5) is 4.39 Å². The molecule has 1 aromatic heterocycles. The van der Waals surface area contributed by atoms with Gasteiger partial charge in [0.1, 0.15) is 5.82 Å². The van der Waals surface area contributed by atoms with Crippen LogP contribution in [0.5, 0.6) is 0 Å².